The zero-order valence-electron chi connectivity index (χ0n) is 19.9. The van der Waals surface area contributed by atoms with Gasteiger partial charge in [-0.3, -0.25) is 34.9 Å². The third-order valence-electron chi connectivity index (χ3n) is 7.79. The summed E-state index contributed by atoms with van der Waals surface area (Å²) in [6.45, 7) is 1.43. The van der Waals surface area contributed by atoms with E-state index < -0.39 is 51.3 Å². The molecule has 7 nitrogen and oxygen atoms in total. The SMILES string of the molecule is C[C@H](C(=O)NNC(=O)c1ccc(Br)cc1)N1C(=O)[C@H]2[C@H](C1=O)C1(Cl)c3ccccc3C2(Cl)c2ccccc21. The molecule has 3 aromatic carbocycles. The molecule has 0 radical (unpaired) electrons. The van der Waals surface area contributed by atoms with E-state index in [4.69, 9.17) is 23.2 Å². The molecule has 3 aliphatic carbocycles. The molecule has 1 fully saturated rings. The van der Waals surface area contributed by atoms with E-state index in [1.807, 2.05) is 48.5 Å². The standard InChI is InChI=1S/C28H20BrCl2N3O4/c1-14(23(35)32-33-24(36)15-10-12-16(29)13-11-15)34-25(37)21-22(26(34)38)28(31)18-7-3-2-6-17(18)27(21,30)19-8-4-5-9-20(19)28/h2-14,21-22H,1H3,(H,32,35)(H,33,36)/t14-,21-,22-,27?,28?/m1/s1. The Kier molecular flexibility index (Phi) is 5.72. The van der Waals surface area contributed by atoms with E-state index >= 15 is 0 Å². The van der Waals surface area contributed by atoms with Crippen LogP contribution in [-0.4, -0.2) is 34.6 Å². The average molecular weight is 613 g/mol. The van der Waals surface area contributed by atoms with Crippen LogP contribution in [0, 0.1) is 11.8 Å². The maximum atomic E-state index is 13.9. The van der Waals surface area contributed by atoms with Crippen LogP contribution in [0.2, 0.25) is 0 Å². The number of amides is 4. The molecule has 1 aliphatic heterocycles. The van der Waals surface area contributed by atoms with Crippen LogP contribution in [0.3, 0.4) is 0 Å². The highest BCUT2D eigenvalue weighted by Gasteiger charge is 2.73. The maximum absolute atomic E-state index is 13.9. The molecule has 0 aromatic heterocycles. The second-order valence-electron chi connectivity index (χ2n) is 9.64. The van der Waals surface area contributed by atoms with Crippen molar-refractivity contribution >= 4 is 62.8 Å². The molecule has 4 amide bonds. The van der Waals surface area contributed by atoms with Gasteiger partial charge >= 0.3 is 0 Å². The second kappa shape index (κ2) is 8.66. The lowest BCUT2D eigenvalue weighted by atomic mass is 9.54. The van der Waals surface area contributed by atoms with Crippen molar-refractivity contribution in [1.29, 1.82) is 0 Å². The molecule has 192 valence electrons. The Morgan fingerprint density at radius 1 is 0.789 bits per heavy atom. The van der Waals surface area contributed by atoms with Crippen LogP contribution in [0.1, 0.15) is 39.5 Å². The first kappa shape index (κ1) is 25.1. The summed E-state index contributed by atoms with van der Waals surface area (Å²) in [4.78, 5) is 51.6. The van der Waals surface area contributed by atoms with Gasteiger partial charge in [-0.25, -0.2) is 0 Å². The topological polar surface area (TPSA) is 95.6 Å². The van der Waals surface area contributed by atoms with Gasteiger partial charge in [-0.2, -0.15) is 0 Å². The van der Waals surface area contributed by atoms with Crippen molar-refractivity contribution in [2.24, 2.45) is 11.8 Å². The summed E-state index contributed by atoms with van der Waals surface area (Å²) in [6, 6.07) is 20.0. The van der Waals surface area contributed by atoms with E-state index in [0.29, 0.717) is 27.8 Å². The number of halogens is 3. The van der Waals surface area contributed by atoms with Crippen LogP contribution < -0.4 is 10.9 Å². The van der Waals surface area contributed by atoms with E-state index in [0.717, 1.165) is 9.37 Å². The number of imide groups is 1. The zero-order valence-corrected chi connectivity index (χ0v) is 23.0. The minimum absolute atomic E-state index is 0.320. The number of rotatable bonds is 3. The highest BCUT2D eigenvalue weighted by Crippen LogP contribution is 2.69. The van der Waals surface area contributed by atoms with E-state index in [-0.39, 0.29) is 0 Å². The molecule has 0 saturated carbocycles. The summed E-state index contributed by atoms with van der Waals surface area (Å²) >= 11 is 18.1. The first-order valence-electron chi connectivity index (χ1n) is 11.9. The zero-order chi connectivity index (χ0) is 27.0. The van der Waals surface area contributed by atoms with Gasteiger partial charge in [0.2, 0.25) is 11.8 Å². The Morgan fingerprint density at radius 3 is 1.63 bits per heavy atom. The summed E-state index contributed by atoms with van der Waals surface area (Å²) in [5, 5.41) is 0. The van der Waals surface area contributed by atoms with Crippen molar-refractivity contribution in [2.75, 3.05) is 0 Å². The molecule has 2 N–H and O–H groups in total. The van der Waals surface area contributed by atoms with Crippen molar-refractivity contribution in [3.05, 3.63) is 105 Å². The number of carbonyl (C=O) groups is 4. The average Bonchev–Trinajstić information content (AvgIpc) is 3.21. The third-order valence-corrected chi connectivity index (χ3v) is 9.61. The molecule has 10 heteroatoms. The maximum Gasteiger partial charge on any atom is 0.269 e. The minimum atomic E-state index is -1.33. The van der Waals surface area contributed by atoms with Gasteiger partial charge in [0.25, 0.3) is 11.8 Å². The number of likely N-dealkylation sites (tertiary alicyclic amines) is 1. The van der Waals surface area contributed by atoms with Gasteiger partial charge in [0, 0.05) is 10.0 Å². The fourth-order valence-corrected chi connectivity index (χ4v) is 7.45. The lowest BCUT2D eigenvalue weighted by Crippen LogP contribution is -2.57. The molecule has 1 heterocycles. The van der Waals surface area contributed by atoms with Crippen LogP contribution in [0.4, 0.5) is 0 Å². The van der Waals surface area contributed by atoms with E-state index in [2.05, 4.69) is 26.8 Å². The van der Waals surface area contributed by atoms with Crippen molar-refractivity contribution < 1.29 is 19.2 Å². The quantitative estimate of drug-likeness (QED) is 0.263. The highest BCUT2D eigenvalue weighted by molar-refractivity contribution is 9.10. The molecule has 3 atom stereocenters. The van der Waals surface area contributed by atoms with Crippen LogP contribution in [-0.2, 0) is 24.1 Å². The Bertz CT molecular complexity index is 1420. The summed E-state index contributed by atoms with van der Waals surface area (Å²) < 4.78 is 0.798. The highest BCUT2D eigenvalue weighted by atomic mass is 79.9. The second-order valence-corrected chi connectivity index (χ2v) is 11.8. The Morgan fingerprint density at radius 2 is 1.21 bits per heavy atom. The molecule has 1 saturated heterocycles. The summed E-state index contributed by atoms with van der Waals surface area (Å²) in [5.41, 5.74) is 7.69. The number of nitrogens with zero attached hydrogens (tertiary/aromatic N) is 1. The number of nitrogens with one attached hydrogen (secondary N) is 2. The van der Waals surface area contributed by atoms with Gasteiger partial charge in [-0.15, -0.1) is 23.2 Å². The number of hydrogen-bond acceptors (Lipinski definition) is 4. The van der Waals surface area contributed by atoms with Crippen molar-refractivity contribution in [2.45, 2.75) is 22.7 Å². The molecule has 0 unspecified atom stereocenters. The third kappa shape index (κ3) is 3.20. The predicted octanol–water partition coefficient (Wildman–Crippen LogP) is 4.19. The van der Waals surface area contributed by atoms with Crippen LogP contribution in [0.15, 0.2) is 77.3 Å². The fraction of sp³-hybridized carbons (Fsp3) is 0.214. The van der Waals surface area contributed by atoms with Crippen molar-refractivity contribution in [3.63, 3.8) is 0 Å². The van der Waals surface area contributed by atoms with Gasteiger partial charge in [0.15, 0.2) is 0 Å². The Hall–Kier alpha value is -3.20. The molecule has 38 heavy (non-hydrogen) atoms. The number of benzene rings is 3. The normalized spacial score (nSPS) is 27.3. The van der Waals surface area contributed by atoms with Gasteiger partial charge in [-0.1, -0.05) is 64.5 Å². The monoisotopic (exact) mass is 611 g/mol. The van der Waals surface area contributed by atoms with E-state index in [1.165, 1.54) is 6.92 Å². The summed E-state index contributed by atoms with van der Waals surface area (Å²) in [7, 11) is 0. The van der Waals surface area contributed by atoms with Gasteiger partial charge < -0.3 is 0 Å². The van der Waals surface area contributed by atoms with Gasteiger partial charge in [0.05, 0.1) is 11.8 Å². The van der Waals surface area contributed by atoms with Gasteiger partial charge in [-0.05, 0) is 53.4 Å². The smallest absolute Gasteiger partial charge is 0.269 e. The van der Waals surface area contributed by atoms with E-state index in [1.54, 1.807) is 24.3 Å². The molecular weight excluding hydrogens is 593 g/mol. The van der Waals surface area contributed by atoms with Crippen LogP contribution in [0.5, 0.6) is 0 Å². The summed E-state index contributed by atoms with van der Waals surface area (Å²) in [6.07, 6.45) is 0. The fourth-order valence-electron chi connectivity index (χ4n) is 6.08. The molecular formula is C28H20BrCl2N3O4. The largest absolute Gasteiger partial charge is 0.274 e. The summed E-state index contributed by atoms with van der Waals surface area (Å²) in [5.74, 6) is -4.45. The number of hydrazine groups is 1. The number of hydrogen-bond donors (Lipinski definition) is 2. The molecule has 0 spiro atoms. The molecule has 4 aliphatic rings. The molecule has 7 rings (SSSR count). The van der Waals surface area contributed by atoms with Crippen molar-refractivity contribution in [3.8, 4) is 0 Å². The van der Waals surface area contributed by atoms with Gasteiger partial charge in [0.1, 0.15) is 15.8 Å². The van der Waals surface area contributed by atoms with Crippen molar-refractivity contribution in [1.82, 2.24) is 15.8 Å². The number of alkyl halides is 2. The van der Waals surface area contributed by atoms with Crippen LogP contribution in [0.25, 0.3) is 0 Å². The first-order chi connectivity index (χ1) is 18.1. The van der Waals surface area contributed by atoms with E-state index in [9.17, 15) is 19.2 Å². The molecule has 3 aromatic rings. The lowest BCUT2D eigenvalue weighted by molar-refractivity contribution is -0.147. The van der Waals surface area contributed by atoms with Crippen LogP contribution >= 0.6 is 39.1 Å². The minimum Gasteiger partial charge on any atom is -0.274 e. The Labute approximate surface area is 236 Å². The predicted molar refractivity (Wildman–Crippen MR) is 144 cm³/mol. The lowest BCUT2D eigenvalue weighted by Gasteiger charge is -2.54. The Balaban J connectivity index is 1.33. The number of carbonyl (C=O) groups excluding carboxylic acids is 4. The first-order valence-corrected chi connectivity index (χ1v) is 13.5. The molecule has 2 bridgehead atoms.